The average molecular weight is 272 g/mol. The summed E-state index contributed by atoms with van der Waals surface area (Å²) in [4.78, 5) is 8.18. The maximum absolute atomic E-state index is 4.26. The molecule has 1 aromatic carbocycles. The quantitative estimate of drug-likeness (QED) is 0.787. The van der Waals surface area contributed by atoms with E-state index < -0.39 is 0 Å². The molecule has 0 aliphatic rings. The molecule has 6 nitrogen and oxygen atoms in total. The molecule has 0 saturated heterocycles. The van der Waals surface area contributed by atoms with Gasteiger partial charge in [0.2, 0.25) is 5.13 Å². The Morgan fingerprint density at radius 2 is 2.11 bits per heavy atom. The number of benzene rings is 1. The molecule has 3 aromatic rings. The molecule has 1 N–H and O–H groups in total. The summed E-state index contributed by atoms with van der Waals surface area (Å²) >= 11 is 1.38. The number of rotatable bonds is 4. The minimum Gasteiger partial charge on any atom is -0.356 e. The van der Waals surface area contributed by atoms with Gasteiger partial charge in [-0.05, 0) is 24.6 Å². The van der Waals surface area contributed by atoms with Crippen molar-refractivity contribution in [3.63, 3.8) is 0 Å². The highest BCUT2D eigenvalue weighted by atomic mass is 32.1. The van der Waals surface area contributed by atoms with Crippen LogP contribution >= 0.6 is 11.5 Å². The first-order valence-corrected chi connectivity index (χ1v) is 6.57. The van der Waals surface area contributed by atoms with Crippen LogP contribution in [0.5, 0.6) is 0 Å². The van der Waals surface area contributed by atoms with Crippen LogP contribution in [0, 0.1) is 6.92 Å². The highest BCUT2D eigenvalue weighted by molar-refractivity contribution is 7.09. The fourth-order valence-electron chi connectivity index (χ4n) is 1.65. The Labute approximate surface area is 114 Å². The van der Waals surface area contributed by atoms with E-state index in [1.54, 1.807) is 11.0 Å². The van der Waals surface area contributed by atoms with Crippen molar-refractivity contribution in [2.24, 2.45) is 0 Å². The average Bonchev–Trinajstić information content (AvgIpc) is 3.08. The number of hydrogen-bond donors (Lipinski definition) is 1. The molecule has 0 bridgehead atoms. The Balaban J connectivity index is 1.66. The first kappa shape index (κ1) is 11.8. The van der Waals surface area contributed by atoms with Gasteiger partial charge in [-0.2, -0.15) is 9.47 Å². The molecule has 19 heavy (non-hydrogen) atoms. The second-order valence-corrected chi connectivity index (χ2v) is 4.76. The van der Waals surface area contributed by atoms with Crippen molar-refractivity contribution < 1.29 is 0 Å². The molecule has 0 spiro atoms. The monoisotopic (exact) mass is 272 g/mol. The van der Waals surface area contributed by atoms with Gasteiger partial charge in [-0.25, -0.2) is 14.6 Å². The minimum atomic E-state index is 0.728. The van der Waals surface area contributed by atoms with Crippen LogP contribution in [0.25, 0.3) is 5.69 Å². The molecule has 0 radical (unpaired) electrons. The standard InChI is InChI=1S/C12H12N6S/c1-9-16-12(19-17-9)14-6-10-2-4-11(5-3-10)18-8-13-7-15-18/h2-5,7-8H,6H2,1H3,(H,14,16,17). The van der Waals surface area contributed by atoms with Crippen molar-refractivity contribution >= 4 is 16.7 Å². The van der Waals surface area contributed by atoms with Crippen LogP contribution < -0.4 is 5.32 Å². The van der Waals surface area contributed by atoms with E-state index in [2.05, 4.69) is 36.9 Å². The van der Waals surface area contributed by atoms with Crippen LogP contribution in [0.4, 0.5) is 5.13 Å². The lowest BCUT2D eigenvalue weighted by atomic mass is 10.2. The Hall–Kier alpha value is -2.28. The van der Waals surface area contributed by atoms with E-state index in [-0.39, 0.29) is 0 Å². The highest BCUT2D eigenvalue weighted by Gasteiger charge is 2.00. The number of nitrogens with one attached hydrogen (secondary N) is 1. The molecule has 3 rings (SSSR count). The Kier molecular flexibility index (Phi) is 3.20. The van der Waals surface area contributed by atoms with Crippen molar-refractivity contribution in [2.75, 3.05) is 5.32 Å². The lowest BCUT2D eigenvalue weighted by molar-refractivity contribution is 0.877. The van der Waals surface area contributed by atoms with Gasteiger partial charge in [0.15, 0.2) is 0 Å². The van der Waals surface area contributed by atoms with Gasteiger partial charge < -0.3 is 5.32 Å². The zero-order valence-corrected chi connectivity index (χ0v) is 11.1. The molecule has 0 aliphatic carbocycles. The van der Waals surface area contributed by atoms with Crippen LogP contribution in [-0.2, 0) is 6.54 Å². The number of nitrogens with zero attached hydrogens (tertiary/aromatic N) is 5. The molecule has 96 valence electrons. The van der Waals surface area contributed by atoms with Gasteiger partial charge in [-0.15, -0.1) is 0 Å². The van der Waals surface area contributed by atoms with E-state index >= 15 is 0 Å². The van der Waals surface area contributed by atoms with Gasteiger partial charge in [0, 0.05) is 18.1 Å². The van der Waals surface area contributed by atoms with Crippen molar-refractivity contribution in [1.82, 2.24) is 24.1 Å². The molecule has 7 heteroatoms. The lowest BCUT2D eigenvalue weighted by Gasteiger charge is -2.04. The molecule has 2 heterocycles. The van der Waals surface area contributed by atoms with E-state index in [0.29, 0.717) is 0 Å². The maximum Gasteiger partial charge on any atom is 0.202 e. The summed E-state index contributed by atoms with van der Waals surface area (Å²) in [6, 6.07) is 8.13. The molecule has 0 aliphatic heterocycles. The summed E-state index contributed by atoms with van der Waals surface area (Å²) in [5, 5.41) is 8.18. The van der Waals surface area contributed by atoms with E-state index in [1.807, 2.05) is 19.1 Å². The maximum atomic E-state index is 4.26. The van der Waals surface area contributed by atoms with Crippen molar-refractivity contribution in [1.29, 1.82) is 0 Å². The molecule has 0 atom stereocenters. The third-order valence-electron chi connectivity index (χ3n) is 2.59. The zero-order valence-electron chi connectivity index (χ0n) is 10.3. The first-order chi connectivity index (χ1) is 9.31. The van der Waals surface area contributed by atoms with Crippen LogP contribution in [-0.4, -0.2) is 24.1 Å². The normalized spacial score (nSPS) is 10.6. The molecular weight excluding hydrogens is 260 g/mol. The van der Waals surface area contributed by atoms with E-state index in [0.717, 1.165) is 23.2 Å². The minimum absolute atomic E-state index is 0.728. The Morgan fingerprint density at radius 1 is 1.26 bits per heavy atom. The van der Waals surface area contributed by atoms with Crippen LogP contribution in [0.2, 0.25) is 0 Å². The SMILES string of the molecule is Cc1nsc(NCc2ccc(-n3cncn3)cc2)n1. The van der Waals surface area contributed by atoms with Crippen LogP contribution in [0.3, 0.4) is 0 Å². The van der Waals surface area contributed by atoms with E-state index in [1.165, 1.54) is 23.4 Å². The molecule has 2 aromatic heterocycles. The second kappa shape index (κ2) is 5.15. The van der Waals surface area contributed by atoms with Crippen LogP contribution in [0.15, 0.2) is 36.9 Å². The van der Waals surface area contributed by atoms with Gasteiger partial charge in [0.25, 0.3) is 0 Å². The van der Waals surface area contributed by atoms with Gasteiger partial charge >= 0.3 is 0 Å². The van der Waals surface area contributed by atoms with E-state index in [4.69, 9.17) is 0 Å². The predicted molar refractivity (Wildman–Crippen MR) is 73.3 cm³/mol. The summed E-state index contributed by atoms with van der Waals surface area (Å²) < 4.78 is 5.85. The molecular formula is C12H12N6S. The molecule has 0 saturated carbocycles. The summed E-state index contributed by atoms with van der Waals surface area (Å²) in [7, 11) is 0. The second-order valence-electron chi connectivity index (χ2n) is 4.01. The smallest absolute Gasteiger partial charge is 0.202 e. The molecule has 0 fully saturated rings. The summed E-state index contributed by atoms with van der Waals surface area (Å²) in [5.74, 6) is 0.800. The highest BCUT2D eigenvalue weighted by Crippen LogP contribution is 2.13. The number of hydrogen-bond acceptors (Lipinski definition) is 6. The summed E-state index contributed by atoms with van der Waals surface area (Å²) in [6.45, 7) is 2.61. The van der Waals surface area contributed by atoms with Gasteiger partial charge in [-0.1, -0.05) is 12.1 Å². The number of aromatic nitrogens is 5. The van der Waals surface area contributed by atoms with Gasteiger partial charge in [0.05, 0.1) is 5.69 Å². The zero-order chi connectivity index (χ0) is 13.1. The van der Waals surface area contributed by atoms with Crippen molar-refractivity contribution in [2.45, 2.75) is 13.5 Å². The number of aryl methyl sites for hydroxylation is 1. The molecule has 0 amide bonds. The van der Waals surface area contributed by atoms with Crippen molar-refractivity contribution in [3.8, 4) is 5.69 Å². The largest absolute Gasteiger partial charge is 0.356 e. The predicted octanol–water partition coefficient (Wildman–Crippen LogP) is 2.04. The Bertz CT molecular complexity index is 643. The first-order valence-electron chi connectivity index (χ1n) is 5.79. The van der Waals surface area contributed by atoms with Gasteiger partial charge in [0.1, 0.15) is 18.5 Å². The summed E-state index contributed by atoms with van der Waals surface area (Å²) in [5.41, 5.74) is 2.17. The van der Waals surface area contributed by atoms with E-state index in [9.17, 15) is 0 Å². The third kappa shape index (κ3) is 2.76. The Morgan fingerprint density at radius 3 is 2.74 bits per heavy atom. The topological polar surface area (TPSA) is 68.5 Å². The molecule has 0 unspecified atom stereocenters. The fraction of sp³-hybridized carbons (Fsp3) is 0.167. The third-order valence-corrected chi connectivity index (χ3v) is 3.36. The van der Waals surface area contributed by atoms with Gasteiger partial charge in [-0.3, -0.25) is 0 Å². The lowest BCUT2D eigenvalue weighted by Crippen LogP contribution is -2.00. The fourth-order valence-corrected chi connectivity index (χ4v) is 2.22. The number of anilines is 1. The summed E-state index contributed by atoms with van der Waals surface area (Å²) in [6.07, 6.45) is 3.20. The van der Waals surface area contributed by atoms with Crippen molar-refractivity contribution in [3.05, 3.63) is 48.3 Å². The van der Waals surface area contributed by atoms with Crippen LogP contribution in [0.1, 0.15) is 11.4 Å².